The predicted molar refractivity (Wildman–Crippen MR) is 92.9 cm³/mol. The molecule has 1 N–H and O–H groups in total. The van der Waals surface area contributed by atoms with E-state index in [4.69, 9.17) is 4.74 Å². The first-order chi connectivity index (χ1) is 11.0. The van der Waals surface area contributed by atoms with Crippen LogP contribution in [0.25, 0.3) is 10.6 Å². The lowest BCUT2D eigenvalue weighted by Gasteiger charge is -2.35. The molecule has 1 aliphatic rings. The molecule has 1 aliphatic heterocycles. The average molecular weight is 331 g/mol. The molecule has 0 aliphatic carbocycles. The second-order valence-corrected chi connectivity index (χ2v) is 6.83. The lowest BCUT2D eigenvalue weighted by atomic mass is 10.2. The number of anilines is 1. The second-order valence-electron chi connectivity index (χ2n) is 5.97. The first kappa shape index (κ1) is 16.0. The fourth-order valence-electron chi connectivity index (χ4n) is 2.76. The molecule has 1 aromatic heterocycles. The molecule has 0 spiro atoms. The van der Waals surface area contributed by atoms with Crippen LogP contribution in [-0.4, -0.2) is 41.2 Å². The summed E-state index contributed by atoms with van der Waals surface area (Å²) in [4.78, 5) is 18.8. The number of urea groups is 1. The van der Waals surface area contributed by atoms with Crippen LogP contribution in [0.15, 0.2) is 29.6 Å². The Morgan fingerprint density at radius 1 is 1.35 bits per heavy atom. The number of aromatic nitrogens is 1. The minimum absolute atomic E-state index is 0.0640. The quantitative estimate of drug-likeness (QED) is 0.911. The van der Waals surface area contributed by atoms with Crippen molar-refractivity contribution in [2.75, 3.05) is 18.4 Å². The van der Waals surface area contributed by atoms with Crippen molar-refractivity contribution >= 4 is 23.1 Å². The van der Waals surface area contributed by atoms with Gasteiger partial charge in [0.15, 0.2) is 0 Å². The highest BCUT2D eigenvalue weighted by Gasteiger charge is 2.25. The number of nitrogens with zero attached hydrogens (tertiary/aromatic N) is 2. The highest BCUT2D eigenvalue weighted by Crippen LogP contribution is 2.26. The molecule has 2 aromatic rings. The molecule has 1 fully saturated rings. The van der Waals surface area contributed by atoms with Crippen molar-refractivity contribution in [3.63, 3.8) is 0 Å². The minimum Gasteiger partial charge on any atom is -0.372 e. The molecule has 1 aromatic carbocycles. The van der Waals surface area contributed by atoms with Crippen LogP contribution in [0.4, 0.5) is 10.5 Å². The van der Waals surface area contributed by atoms with E-state index in [1.54, 1.807) is 16.2 Å². The van der Waals surface area contributed by atoms with E-state index in [9.17, 15) is 4.79 Å². The Balaban J connectivity index is 1.71. The van der Waals surface area contributed by atoms with Gasteiger partial charge in [-0.25, -0.2) is 9.78 Å². The first-order valence-corrected chi connectivity index (χ1v) is 8.63. The Morgan fingerprint density at radius 3 is 2.74 bits per heavy atom. The van der Waals surface area contributed by atoms with Gasteiger partial charge in [-0.1, -0.05) is 12.1 Å². The predicted octanol–water partition coefficient (Wildman–Crippen LogP) is 3.76. The normalized spacial score (nSPS) is 21.3. The fraction of sp³-hybridized carbons (Fsp3) is 0.412. The summed E-state index contributed by atoms with van der Waals surface area (Å²) >= 11 is 1.61. The number of morpholine rings is 1. The summed E-state index contributed by atoms with van der Waals surface area (Å²) in [5.41, 5.74) is 2.81. The summed E-state index contributed by atoms with van der Waals surface area (Å²) in [6.45, 7) is 7.18. The number of rotatable bonds is 2. The van der Waals surface area contributed by atoms with E-state index in [1.165, 1.54) is 0 Å². The highest BCUT2D eigenvalue weighted by atomic mass is 32.1. The van der Waals surface area contributed by atoms with Crippen LogP contribution in [0.1, 0.15) is 19.5 Å². The topological polar surface area (TPSA) is 54.5 Å². The smallest absolute Gasteiger partial charge is 0.322 e. The second kappa shape index (κ2) is 6.68. The Bertz CT molecular complexity index is 691. The zero-order valence-corrected chi connectivity index (χ0v) is 14.4. The maximum Gasteiger partial charge on any atom is 0.322 e. The minimum atomic E-state index is -0.0838. The third-order valence-corrected chi connectivity index (χ3v) is 4.70. The van der Waals surface area contributed by atoms with Gasteiger partial charge in [-0.2, -0.15) is 0 Å². The number of amides is 2. The number of aryl methyl sites for hydroxylation is 1. The van der Waals surface area contributed by atoms with E-state index >= 15 is 0 Å². The number of hydrogen-bond donors (Lipinski definition) is 1. The third-order valence-electron chi connectivity index (χ3n) is 3.69. The van der Waals surface area contributed by atoms with E-state index in [-0.39, 0.29) is 18.2 Å². The number of hydrogen-bond acceptors (Lipinski definition) is 4. The van der Waals surface area contributed by atoms with Crippen LogP contribution in [0.3, 0.4) is 0 Å². The van der Waals surface area contributed by atoms with Crippen molar-refractivity contribution in [1.29, 1.82) is 0 Å². The number of benzene rings is 1. The van der Waals surface area contributed by atoms with Crippen LogP contribution >= 0.6 is 11.3 Å². The Morgan fingerprint density at radius 2 is 2.09 bits per heavy atom. The summed E-state index contributed by atoms with van der Waals surface area (Å²) in [7, 11) is 0. The van der Waals surface area contributed by atoms with Crippen LogP contribution in [-0.2, 0) is 4.74 Å². The summed E-state index contributed by atoms with van der Waals surface area (Å²) in [6, 6.07) is 7.72. The Labute approximate surface area is 140 Å². The molecule has 3 rings (SSSR count). The molecule has 2 atom stereocenters. The maximum absolute atomic E-state index is 12.5. The molecular formula is C17H21N3O2S. The zero-order valence-electron chi connectivity index (χ0n) is 13.6. The van der Waals surface area contributed by atoms with Gasteiger partial charge in [0.25, 0.3) is 0 Å². The van der Waals surface area contributed by atoms with E-state index < -0.39 is 0 Å². The highest BCUT2D eigenvalue weighted by molar-refractivity contribution is 7.13. The van der Waals surface area contributed by atoms with Gasteiger partial charge in [-0.3, -0.25) is 0 Å². The molecule has 2 amide bonds. The zero-order chi connectivity index (χ0) is 16.4. The average Bonchev–Trinajstić information content (AvgIpc) is 2.93. The summed E-state index contributed by atoms with van der Waals surface area (Å²) in [5.74, 6) is 0. The Kier molecular flexibility index (Phi) is 4.63. The van der Waals surface area contributed by atoms with E-state index in [0.29, 0.717) is 13.1 Å². The van der Waals surface area contributed by atoms with Crippen LogP contribution in [0.2, 0.25) is 0 Å². The molecule has 5 nitrogen and oxygen atoms in total. The van der Waals surface area contributed by atoms with Crippen molar-refractivity contribution in [3.8, 4) is 10.6 Å². The summed E-state index contributed by atoms with van der Waals surface area (Å²) in [5, 5.41) is 5.97. The number of carbonyl (C=O) groups excluding carboxylic acids is 1. The molecule has 122 valence electrons. The molecule has 0 bridgehead atoms. The van der Waals surface area contributed by atoms with Crippen molar-refractivity contribution in [2.45, 2.75) is 33.0 Å². The lowest BCUT2D eigenvalue weighted by molar-refractivity contribution is -0.0530. The number of ether oxygens (including phenoxy) is 1. The van der Waals surface area contributed by atoms with E-state index in [1.807, 2.05) is 50.4 Å². The van der Waals surface area contributed by atoms with Gasteiger partial charge >= 0.3 is 6.03 Å². The van der Waals surface area contributed by atoms with Gasteiger partial charge in [0.1, 0.15) is 5.01 Å². The molecule has 0 unspecified atom stereocenters. The van der Waals surface area contributed by atoms with E-state index in [2.05, 4.69) is 10.3 Å². The summed E-state index contributed by atoms with van der Waals surface area (Å²) < 4.78 is 5.67. The van der Waals surface area contributed by atoms with Crippen molar-refractivity contribution in [3.05, 3.63) is 35.3 Å². The maximum atomic E-state index is 12.5. The molecule has 6 heteroatoms. The SMILES string of the molecule is Cc1csc(-c2cccc(NC(=O)N3C[C@@H](C)O[C@@H](C)C3)c2)n1. The van der Waals surface area contributed by atoms with Crippen molar-refractivity contribution < 1.29 is 9.53 Å². The third kappa shape index (κ3) is 3.89. The van der Waals surface area contributed by atoms with Gasteiger partial charge in [0.2, 0.25) is 0 Å². The summed E-state index contributed by atoms with van der Waals surface area (Å²) in [6.07, 6.45) is 0.128. The number of carbonyl (C=O) groups is 1. The van der Waals surface area contributed by atoms with Crippen molar-refractivity contribution in [2.24, 2.45) is 0 Å². The van der Waals surface area contributed by atoms with Crippen LogP contribution in [0.5, 0.6) is 0 Å². The lowest BCUT2D eigenvalue weighted by Crippen LogP contribution is -2.49. The van der Waals surface area contributed by atoms with E-state index in [0.717, 1.165) is 22.0 Å². The van der Waals surface area contributed by atoms with Crippen LogP contribution in [0, 0.1) is 6.92 Å². The largest absolute Gasteiger partial charge is 0.372 e. The molecule has 2 heterocycles. The number of thiazole rings is 1. The van der Waals surface area contributed by atoms with Crippen LogP contribution < -0.4 is 5.32 Å². The molecule has 1 saturated heterocycles. The van der Waals surface area contributed by atoms with Gasteiger partial charge in [0.05, 0.1) is 12.2 Å². The standard InChI is InChI=1S/C17H21N3O2S/c1-11-10-23-16(18-11)14-5-4-6-15(7-14)19-17(21)20-8-12(2)22-13(3)9-20/h4-7,10,12-13H,8-9H2,1-3H3,(H,19,21)/t12-,13+. The van der Waals surface area contributed by atoms with Gasteiger partial charge in [-0.15, -0.1) is 11.3 Å². The molecular weight excluding hydrogens is 310 g/mol. The van der Waals surface area contributed by atoms with Crippen molar-refractivity contribution in [1.82, 2.24) is 9.88 Å². The Hall–Kier alpha value is -1.92. The monoisotopic (exact) mass is 331 g/mol. The molecule has 0 radical (unpaired) electrons. The first-order valence-electron chi connectivity index (χ1n) is 7.75. The van der Waals surface area contributed by atoms with Gasteiger partial charge in [-0.05, 0) is 32.9 Å². The van der Waals surface area contributed by atoms with Gasteiger partial charge in [0, 0.05) is 35.4 Å². The fourth-order valence-corrected chi connectivity index (χ4v) is 3.56. The number of nitrogens with one attached hydrogen (secondary N) is 1. The molecule has 23 heavy (non-hydrogen) atoms. The van der Waals surface area contributed by atoms with Gasteiger partial charge < -0.3 is 15.0 Å². The molecule has 0 saturated carbocycles.